The lowest BCUT2D eigenvalue weighted by atomic mass is 10.0. The fourth-order valence-electron chi connectivity index (χ4n) is 3.49. The number of ether oxygens (including phenoxy) is 1. The van der Waals surface area contributed by atoms with Gasteiger partial charge in [0.05, 0.1) is 12.7 Å². The number of H-pyrrole nitrogens is 1. The maximum Gasteiger partial charge on any atom is 0.337 e. The van der Waals surface area contributed by atoms with Gasteiger partial charge >= 0.3 is 5.97 Å². The number of methoxy groups -OCH3 is 1. The van der Waals surface area contributed by atoms with Gasteiger partial charge in [-0.1, -0.05) is 23.2 Å². The number of fused-ring (bicyclic) bond motifs is 3. The first-order valence-corrected chi connectivity index (χ1v) is 9.19. The smallest absolute Gasteiger partial charge is 0.337 e. The Kier molecular flexibility index (Phi) is 4.58. The molecule has 4 rings (SSSR count). The summed E-state index contributed by atoms with van der Waals surface area (Å²) in [6, 6.07) is 10.2. The van der Waals surface area contributed by atoms with Crippen molar-refractivity contribution in [2.45, 2.75) is 13.0 Å². The maximum atomic E-state index is 12.9. The third kappa shape index (κ3) is 3.29. The Morgan fingerprint density at radius 1 is 1.07 bits per heavy atom. The van der Waals surface area contributed by atoms with Crippen LogP contribution in [0, 0.1) is 0 Å². The van der Waals surface area contributed by atoms with Crippen LogP contribution in [0.5, 0.6) is 0 Å². The molecule has 0 unspecified atom stereocenters. The maximum absolute atomic E-state index is 12.9. The summed E-state index contributed by atoms with van der Waals surface area (Å²) >= 11 is 12.1. The molecule has 27 heavy (non-hydrogen) atoms. The number of hydrogen-bond donors (Lipinski definition) is 1. The molecule has 7 heteroatoms. The van der Waals surface area contributed by atoms with Crippen LogP contribution in [0.15, 0.2) is 36.4 Å². The number of amides is 1. The van der Waals surface area contributed by atoms with E-state index in [9.17, 15) is 9.59 Å². The van der Waals surface area contributed by atoms with E-state index < -0.39 is 0 Å². The Morgan fingerprint density at radius 2 is 1.81 bits per heavy atom. The molecule has 138 valence electrons. The summed E-state index contributed by atoms with van der Waals surface area (Å²) in [4.78, 5) is 29.9. The minimum Gasteiger partial charge on any atom is -0.465 e. The van der Waals surface area contributed by atoms with Gasteiger partial charge < -0.3 is 14.6 Å². The van der Waals surface area contributed by atoms with Gasteiger partial charge in [-0.2, -0.15) is 0 Å². The van der Waals surface area contributed by atoms with Crippen LogP contribution < -0.4 is 0 Å². The molecule has 0 aliphatic carbocycles. The lowest BCUT2D eigenvalue weighted by molar-refractivity contribution is 0.0600. The zero-order valence-corrected chi connectivity index (χ0v) is 16.0. The Morgan fingerprint density at radius 3 is 2.52 bits per heavy atom. The lowest BCUT2D eigenvalue weighted by Gasteiger charge is -2.27. The molecule has 1 aliphatic rings. The van der Waals surface area contributed by atoms with E-state index in [-0.39, 0.29) is 11.9 Å². The lowest BCUT2D eigenvalue weighted by Crippen LogP contribution is -2.35. The van der Waals surface area contributed by atoms with E-state index in [2.05, 4.69) is 4.98 Å². The van der Waals surface area contributed by atoms with E-state index in [1.54, 1.807) is 35.2 Å². The van der Waals surface area contributed by atoms with Gasteiger partial charge in [-0.05, 0) is 36.4 Å². The standard InChI is InChI=1S/C20H16Cl2N2O3/c1-27-20(26)11-2-3-17-15(8-11)16-10-24(5-4-18(16)23-17)19(25)12-6-13(21)9-14(22)7-12/h2-3,6-9,23H,4-5,10H2,1H3. The van der Waals surface area contributed by atoms with Crippen molar-refractivity contribution in [2.24, 2.45) is 0 Å². The first-order chi connectivity index (χ1) is 13.0. The molecule has 1 N–H and O–H groups in total. The zero-order chi connectivity index (χ0) is 19.1. The fourth-order valence-corrected chi connectivity index (χ4v) is 4.02. The number of nitrogens with one attached hydrogen (secondary N) is 1. The van der Waals surface area contributed by atoms with Crippen LogP contribution in [0.4, 0.5) is 0 Å². The van der Waals surface area contributed by atoms with Crippen LogP contribution in [0.1, 0.15) is 32.0 Å². The van der Waals surface area contributed by atoms with Crippen LogP contribution in [0.2, 0.25) is 10.0 Å². The molecular weight excluding hydrogens is 387 g/mol. The van der Waals surface area contributed by atoms with Crippen molar-refractivity contribution in [3.63, 3.8) is 0 Å². The number of halogens is 2. The molecule has 2 heterocycles. The highest BCUT2D eigenvalue weighted by Crippen LogP contribution is 2.30. The summed E-state index contributed by atoms with van der Waals surface area (Å²) in [5.74, 6) is -0.507. The Hall–Kier alpha value is -2.50. The topological polar surface area (TPSA) is 62.4 Å². The van der Waals surface area contributed by atoms with Crippen molar-refractivity contribution in [3.05, 3.63) is 68.8 Å². The van der Waals surface area contributed by atoms with E-state index in [0.29, 0.717) is 40.7 Å². The van der Waals surface area contributed by atoms with E-state index >= 15 is 0 Å². The molecule has 2 aromatic carbocycles. The van der Waals surface area contributed by atoms with Crippen molar-refractivity contribution in [2.75, 3.05) is 13.7 Å². The molecule has 0 fully saturated rings. The Balaban J connectivity index is 1.69. The number of nitrogens with zero attached hydrogens (tertiary/aromatic N) is 1. The number of benzene rings is 2. The molecule has 0 atom stereocenters. The van der Waals surface area contributed by atoms with Gasteiger partial charge in [0.1, 0.15) is 0 Å². The largest absolute Gasteiger partial charge is 0.465 e. The van der Waals surface area contributed by atoms with E-state index in [4.69, 9.17) is 27.9 Å². The minimum absolute atomic E-state index is 0.122. The third-order valence-electron chi connectivity index (χ3n) is 4.79. The molecule has 0 saturated carbocycles. The number of carbonyl (C=O) groups excluding carboxylic acids is 2. The van der Waals surface area contributed by atoms with Gasteiger partial charge in [-0.3, -0.25) is 4.79 Å². The zero-order valence-electron chi connectivity index (χ0n) is 14.5. The van der Waals surface area contributed by atoms with Crippen molar-refractivity contribution < 1.29 is 14.3 Å². The molecule has 0 bridgehead atoms. The van der Waals surface area contributed by atoms with Crippen LogP contribution >= 0.6 is 23.2 Å². The first kappa shape index (κ1) is 17.9. The normalized spacial score (nSPS) is 13.5. The van der Waals surface area contributed by atoms with Crippen LogP contribution in [0.3, 0.4) is 0 Å². The van der Waals surface area contributed by atoms with Gasteiger partial charge in [0, 0.05) is 57.3 Å². The highest BCUT2D eigenvalue weighted by Gasteiger charge is 2.25. The van der Waals surface area contributed by atoms with Crippen molar-refractivity contribution in [3.8, 4) is 0 Å². The molecule has 0 saturated heterocycles. The molecule has 1 amide bonds. The summed E-state index contributed by atoms with van der Waals surface area (Å²) in [5.41, 5.74) is 3.99. The molecule has 1 aliphatic heterocycles. The average Bonchev–Trinajstić information content (AvgIpc) is 3.03. The monoisotopic (exact) mass is 402 g/mol. The molecular formula is C20H16Cl2N2O3. The van der Waals surface area contributed by atoms with Crippen molar-refractivity contribution in [1.29, 1.82) is 0 Å². The minimum atomic E-state index is -0.385. The number of aromatic amines is 1. The second-order valence-corrected chi connectivity index (χ2v) is 7.34. The molecule has 1 aromatic heterocycles. The van der Waals surface area contributed by atoms with E-state index in [1.165, 1.54) is 7.11 Å². The molecule has 0 spiro atoms. The Bertz CT molecular complexity index is 1050. The summed E-state index contributed by atoms with van der Waals surface area (Å²) in [5, 5.41) is 1.78. The predicted molar refractivity (Wildman–Crippen MR) is 105 cm³/mol. The van der Waals surface area contributed by atoms with Gasteiger partial charge in [0.15, 0.2) is 0 Å². The van der Waals surface area contributed by atoms with Crippen LogP contribution in [0.25, 0.3) is 10.9 Å². The number of rotatable bonds is 2. The van der Waals surface area contributed by atoms with Gasteiger partial charge in [0.2, 0.25) is 0 Å². The summed E-state index contributed by atoms with van der Waals surface area (Å²) in [6.07, 6.45) is 0.706. The first-order valence-electron chi connectivity index (χ1n) is 8.43. The summed E-state index contributed by atoms with van der Waals surface area (Å²) in [6.45, 7) is 1.04. The third-order valence-corrected chi connectivity index (χ3v) is 5.23. The van der Waals surface area contributed by atoms with Gasteiger partial charge in [0.25, 0.3) is 5.91 Å². The molecule has 3 aromatic rings. The number of carbonyl (C=O) groups is 2. The number of esters is 1. The SMILES string of the molecule is COC(=O)c1ccc2[nH]c3c(c2c1)CN(C(=O)c1cc(Cl)cc(Cl)c1)CC3. The average molecular weight is 403 g/mol. The number of hydrogen-bond acceptors (Lipinski definition) is 3. The quantitative estimate of drug-likeness (QED) is 0.643. The van der Waals surface area contributed by atoms with E-state index in [0.717, 1.165) is 22.2 Å². The highest BCUT2D eigenvalue weighted by atomic mass is 35.5. The van der Waals surface area contributed by atoms with Gasteiger partial charge in [-0.15, -0.1) is 0 Å². The highest BCUT2D eigenvalue weighted by molar-refractivity contribution is 6.35. The number of aromatic nitrogens is 1. The second-order valence-electron chi connectivity index (χ2n) is 6.47. The van der Waals surface area contributed by atoms with Gasteiger partial charge in [-0.25, -0.2) is 4.79 Å². The molecule has 0 radical (unpaired) electrons. The van der Waals surface area contributed by atoms with Crippen molar-refractivity contribution >= 4 is 46.0 Å². The van der Waals surface area contributed by atoms with Crippen LogP contribution in [-0.2, 0) is 17.7 Å². The second kappa shape index (κ2) is 6.91. The summed E-state index contributed by atoms with van der Waals surface area (Å²) < 4.78 is 4.81. The summed E-state index contributed by atoms with van der Waals surface area (Å²) in [7, 11) is 1.36. The van der Waals surface area contributed by atoms with Crippen molar-refractivity contribution in [1.82, 2.24) is 9.88 Å². The Labute approximate surface area is 165 Å². The van der Waals surface area contributed by atoms with Crippen LogP contribution in [-0.4, -0.2) is 35.4 Å². The fraction of sp³-hybridized carbons (Fsp3) is 0.200. The predicted octanol–water partition coefficient (Wildman–Crippen LogP) is 4.46. The molecule has 5 nitrogen and oxygen atoms in total. The van der Waals surface area contributed by atoms with E-state index in [1.807, 2.05) is 6.07 Å².